The summed E-state index contributed by atoms with van der Waals surface area (Å²) < 4.78 is 35.4. The third-order valence-corrected chi connectivity index (χ3v) is 7.82. The molecule has 2 aromatic rings. The molecule has 3 heterocycles. The molecule has 2 aliphatic heterocycles. The molecule has 1 atom stereocenters. The van der Waals surface area contributed by atoms with Crippen molar-refractivity contribution < 1.29 is 23.1 Å². The average Bonchev–Trinajstić information content (AvgIpc) is 3.32. The van der Waals surface area contributed by atoms with Crippen molar-refractivity contribution in [2.24, 2.45) is 0 Å². The number of fused-ring (bicyclic) bond motifs is 1. The van der Waals surface area contributed by atoms with E-state index in [0.717, 1.165) is 56.5 Å². The van der Waals surface area contributed by atoms with Gasteiger partial charge in [-0.1, -0.05) is 19.3 Å². The van der Waals surface area contributed by atoms with Crippen molar-refractivity contribution in [3.05, 3.63) is 30.0 Å². The lowest BCUT2D eigenvalue weighted by Gasteiger charge is -2.35. The van der Waals surface area contributed by atoms with Gasteiger partial charge >= 0.3 is 5.92 Å². The number of hydrogen-bond acceptors (Lipinski definition) is 8. The van der Waals surface area contributed by atoms with E-state index in [1.165, 1.54) is 20.4 Å². The third-order valence-electron chi connectivity index (χ3n) is 7.82. The summed E-state index contributed by atoms with van der Waals surface area (Å²) in [6.45, 7) is 1.02. The Labute approximate surface area is 226 Å². The fraction of sp³-hybridized carbons (Fsp3) is 0.556. The number of likely N-dealkylation sites (N-methyl/N-ethyl adjacent to an activating group) is 1. The van der Waals surface area contributed by atoms with Gasteiger partial charge in [-0.2, -0.15) is 13.8 Å². The Kier molecular flexibility index (Phi) is 7.57. The summed E-state index contributed by atoms with van der Waals surface area (Å²) in [4.78, 5) is 39.0. The van der Waals surface area contributed by atoms with E-state index >= 15 is 0 Å². The molecule has 1 aliphatic carbocycles. The molecule has 1 saturated carbocycles. The van der Waals surface area contributed by atoms with Crippen molar-refractivity contribution in [2.45, 2.75) is 56.5 Å². The number of halogens is 2. The lowest BCUT2D eigenvalue weighted by Crippen LogP contribution is -2.49. The average molecular weight is 544 g/mol. The minimum Gasteiger partial charge on any atom is -0.495 e. The van der Waals surface area contributed by atoms with Gasteiger partial charge in [-0.25, -0.2) is 4.98 Å². The number of nitrogens with zero attached hydrogens (tertiary/aromatic N) is 5. The van der Waals surface area contributed by atoms with E-state index in [9.17, 15) is 18.4 Å². The molecule has 1 aromatic carbocycles. The first-order chi connectivity index (χ1) is 18.7. The van der Waals surface area contributed by atoms with Crippen LogP contribution in [0.25, 0.3) is 0 Å². The van der Waals surface area contributed by atoms with Gasteiger partial charge in [-0.05, 0) is 51.1 Å². The van der Waals surface area contributed by atoms with E-state index in [4.69, 9.17) is 4.74 Å². The smallest absolute Gasteiger partial charge is 0.342 e. The number of ether oxygens (including phenoxy) is 1. The van der Waals surface area contributed by atoms with Crippen molar-refractivity contribution in [3.8, 4) is 5.75 Å². The van der Waals surface area contributed by atoms with Crippen LogP contribution < -0.4 is 25.2 Å². The van der Waals surface area contributed by atoms with Gasteiger partial charge in [0.15, 0.2) is 5.82 Å². The van der Waals surface area contributed by atoms with Crippen LogP contribution in [0.2, 0.25) is 0 Å². The maximum Gasteiger partial charge on any atom is 0.342 e. The topological polar surface area (TPSA) is 103 Å². The van der Waals surface area contributed by atoms with Crippen LogP contribution in [0.5, 0.6) is 5.75 Å². The lowest BCUT2D eigenvalue weighted by atomic mass is 9.94. The minimum atomic E-state index is -3.55. The fourth-order valence-corrected chi connectivity index (χ4v) is 5.66. The van der Waals surface area contributed by atoms with E-state index in [-0.39, 0.29) is 29.6 Å². The quantitative estimate of drug-likeness (QED) is 0.572. The molecule has 2 fully saturated rings. The van der Waals surface area contributed by atoms with Crippen LogP contribution >= 0.6 is 0 Å². The predicted molar refractivity (Wildman–Crippen MR) is 144 cm³/mol. The molecule has 0 bridgehead atoms. The zero-order valence-electron chi connectivity index (χ0n) is 22.5. The monoisotopic (exact) mass is 543 g/mol. The number of benzene rings is 1. The molecule has 2 N–H and O–H groups in total. The molecule has 3 aliphatic rings. The molecule has 5 rings (SSSR count). The number of likely N-dealkylation sites (tertiary alicyclic amines) is 1. The normalized spacial score (nSPS) is 21.9. The second-order valence-electron chi connectivity index (χ2n) is 10.7. The molecular weight excluding hydrogens is 508 g/mol. The highest BCUT2D eigenvalue weighted by Gasteiger charge is 2.48. The second-order valence-corrected chi connectivity index (χ2v) is 10.7. The summed E-state index contributed by atoms with van der Waals surface area (Å²) in [7, 11) is 4.85. The number of alkyl halides is 2. The van der Waals surface area contributed by atoms with Crippen molar-refractivity contribution in [1.29, 1.82) is 0 Å². The number of anilines is 4. The number of hydrogen-bond donors (Lipinski definition) is 2. The Morgan fingerprint density at radius 3 is 2.62 bits per heavy atom. The van der Waals surface area contributed by atoms with Crippen molar-refractivity contribution in [3.63, 3.8) is 0 Å². The molecule has 1 aromatic heterocycles. The van der Waals surface area contributed by atoms with Gasteiger partial charge in [0.2, 0.25) is 5.95 Å². The highest BCUT2D eigenvalue weighted by Crippen LogP contribution is 2.39. The molecule has 0 radical (unpaired) electrons. The van der Waals surface area contributed by atoms with Gasteiger partial charge in [0.25, 0.3) is 11.8 Å². The largest absolute Gasteiger partial charge is 0.495 e. The zero-order chi connectivity index (χ0) is 27.7. The van der Waals surface area contributed by atoms with Crippen LogP contribution in [0.1, 0.15) is 48.9 Å². The Hall–Kier alpha value is -3.54. The first-order valence-electron chi connectivity index (χ1n) is 13.4. The zero-order valence-corrected chi connectivity index (χ0v) is 22.5. The Balaban J connectivity index is 1.41. The SMILES string of the molecule is COc1cc(C(=O)NC2CCN(C)C2)ccc1Nc1ncc2c(n1)N(C1CCCCC1)CC(F)(F)C(=O)N2C. The van der Waals surface area contributed by atoms with Crippen LogP contribution in [0.4, 0.5) is 31.9 Å². The summed E-state index contributed by atoms with van der Waals surface area (Å²) in [5, 5.41) is 6.16. The Morgan fingerprint density at radius 1 is 1.15 bits per heavy atom. The number of carbonyl (C=O) groups excluding carboxylic acids is 2. The molecule has 0 spiro atoms. The molecule has 2 amide bonds. The first kappa shape index (κ1) is 27.0. The summed E-state index contributed by atoms with van der Waals surface area (Å²) in [6, 6.07) is 4.98. The van der Waals surface area contributed by atoms with E-state index in [1.807, 2.05) is 7.05 Å². The van der Waals surface area contributed by atoms with Crippen molar-refractivity contribution >= 4 is 35.0 Å². The van der Waals surface area contributed by atoms with Crippen LogP contribution in [0.3, 0.4) is 0 Å². The van der Waals surface area contributed by atoms with Gasteiger partial charge in [0, 0.05) is 31.2 Å². The molecule has 210 valence electrons. The standard InChI is InChI=1S/C27H35F2N7O3/c1-34-12-11-18(15-34)31-24(37)17-9-10-20(22(13-17)39-3)32-26-30-14-21-23(33-26)36(19-7-5-4-6-8-19)16-27(28,29)25(38)35(21)2/h9-10,13-14,18-19H,4-8,11-12,15-16H2,1-3H3,(H,31,37)(H,30,32,33). The van der Waals surface area contributed by atoms with Crippen molar-refractivity contribution in [1.82, 2.24) is 20.2 Å². The highest BCUT2D eigenvalue weighted by atomic mass is 19.3. The summed E-state index contributed by atoms with van der Waals surface area (Å²) in [5.74, 6) is -4.13. The van der Waals surface area contributed by atoms with Gasteiger partial charge in [-0.15, -0.1) is 0 Å². The summed E-state index contributed by atoms with van der Waals surface area (Å²) in [5.41, 5.74) is 1.22. The van der Waals surface area contributed by atoms with E-state index in [0.29, 0.717) is 22.8 Å². The van der Waals surface area contributed by atoms with Crippen LogP contribution in [-0.4, -0.2) is 85.5 Å². The molecule has 39 heavy (non-hydrogen) atoms. The third kappa shape index (κ3) is 5.61. The van der Waals surface area contributed by atoms with Crippen LogP contribution in [-0.2, 0) is 4.79 Å². The molecular formula is C27H35F2N7O3. The van der Waals surface area contributed by atoms with Gasteiger partial charge in [0.1, 0.15) is 11.4 Å². The van der Waals surface area contributed by atoms with E-state index in [1.54, 1.807) is 23.1 Å². The molecule has 1 unspecified atom stereocenters. The Morgan fingerprint density at radius 2 is 1.92 bits per heavy atom. The number of aromatic nitrogens is 2. The Bertz CT molecular complexity index is 1240. The van der Waals surface area contributed by atoms with Crippen LogP contribution in [0.15, 0.2) is 24.4 Å². The number of rotatable bonds is 6. The molecule has 12 heteroatoms. The van der Waals surface area contributed by atoms with Gasteiger partial charge in [0.05, 0.1) is 25.5 Å². The minimum absolute atomic E-state index is 0.101. The van der Waals surface area contributed by atoms with Gasteiger partial charge < -0.3 is 30.1 Å². The number of methoxy groups -OCH3 is 1. The van der Waals surface area contributed by atoms with E-state index < -0.39 is 18.4 Å². The summed E-state index contributed by atoms with van der Waals surface area (Å²) >= 11 is 0. The number of carbonyl (C=O) groups is 2. The van der Waals surface area contributed by atoms with Gasteiger partial charge in [-0.3, -0.25) is 9.59 Å². The number of amides is 2. The van der Waals surface area contributed by atoms with Crippen LogP contribution in [0, 0.1) is 0 Å². The van der Waals surface area contributed by atoms with Crippen molar-refractivity contribution in [2.75, 3.05) is 56.0 Å². The maximum atomic E-state index is 14.9. The predicted octanol–water partition coefficient (Wildman–Crippen LogP) is 3.41. The molecule has 1 saturated heterocycles. The highest BCUT2D eigenvalue weighted by molar-refractivity contribution is 6.02. The fourth-order valence-electron chi connectivity index (χ4n) is 5.66. The maximum absolute atomic E-state index is 14.9. The number of nitrogens with one attached hydrogen (secondary N) is 2. The summed E-state index contributed by atoms with van der Waals surface area (Å²) in [6.07, 6.45) is 6.76. The second kappa shape index (κ2) is 10.9. The lowest BCUT2D eigenvalue weighted by molar-refractivity contribution is -0.140. The van der Waals surface area contributed by atoms with E-state index in [2.05, 4.69) is 25.5 Å². The first-order valence-corrected chi connectivity index (χ1v) is 13.4. The molecule has 10 nitrogen and oxygen atoms in total.